The van der Waals surface area contributed by atoms with Crippen molar-refractivity contribution in [3.63, 3.8) is 0 Å². The van der Waals surface area contributed by atoms with Gasteiger partial charge in [0.1, 0.15) is 5.52 Å². The fourth-order valence-electron chi connectivity index (χ4n) is 2.90. The molecule has 2 aromatic heterocycles. The lowest BCUT2D eigenvalue weighted by Gasteiger charge is -2.32. The third-order valence-electron chi connectivity index (χ3n) is 4.08. The summed E-state index contributed by atoms with van der Waals surface area (Å²) in [6, 6.07) is 9.92. The van der Waals surface area contributed by atoms with Crippen molar-refractivity contribution in [1.82, 2.24) is 19.9 Å². The molecule has 1 aliphatic rings. The third-order valence-corrected chi connectivity index (χ3v) is 4.08. The maximum Gasteiger partial charge on any atom is 0.229 e. The SMILES string of the molecule is COC[C@@H]1CN(c2nc(Nc3ccccc3)c3[nH]cnc3n2)CCO1. The van der Waals surface area contributed by atoms with E-state index < -0.39 is 0 Å². The Hall–Kier alpha value is -2.71. The number of hydrogen-bond donors (Lipinski definition) is 2. The first kappa shape index (κ1) is 15.8. The van der Waals surface area contributed by atoms with E-state index in [1.807, 2.05) is 30.3 Å². The molecule has 0 amide bonds. The lowest BCUT2D eigenvalue weighted by atomic mass is 10.3. The monoisotopic (exact) mass is 340 g/mol. The Morgan fingerprint density at radius 1 is 1.32 bits per heavy atom. The van der Waals surface area contributed by atoms with Crippen LogP contribution in [0.4, 0.5) is 17.5 Å². The Morgan fingerprint density at radius 3 is 3.04 bits per heavy atom. The smallest absolute Gasteiger partial charge is 0.229 e. The molecule has 1 atom stereocenters. The molecule has 0 radical (unpaired) electrons. The lowest BCUT2D eigenvalue weighted by molar-refractivity contribution is -0.0104. The van der Waals surface area contributed by atoms with Gasteiger partial charge in [-0.1, -0.05) is 18.2 Å². The quantitative estimate of drug-likeness (QED) is 0.734. The van der Waals surface area contributed by atoms with Crippen LogP contribution in [-0.2, 0) is 9.47 Å². The van der Waals surface area contributed by atoms with Crippen LogP contribution in [0, 0.1) is 0 Å². The molecule has 1 saturated heterocycles. The Morgan fingerprint density at radius 2 is 2.20 bits per heavy atom. The van der Waals surface area contributed by atoms with E-state index in [1.165, 1.54) is 0 Å². The number of para-hydroxylation sites is 1. The molecule has 3 aromatic rings. The van der Waals surface area contributed by atoms with Crippen LogP contribution >= 0.6 is 0 Å². The van der Waals surface area contributed by atoms with Gasteiger partial charge in [0, 0.05) is 25.9 Å². The molecular formula is C17H20N6O2. The standard InChI is InChI=1S/C17H20N6O2/c1-24-10-13-9-23(7-8-25-13)17-21-15-14(18-11-19-15)16(22-17)20-12-5-3-2-4-6-12/h2-6,11,13H,7-10H2,1H3,(H2,18,19,20,21,22)/t13-/m0/s1. The van der Waals surface area contributed by atoms with E-state index in [2.05, 4.69) is 25.2 Å². The number of ether oxygens (including phenoxy) is 2. The van der Waals surface area contributed by atoms with Gasteiger partial charge in [-0.25, -0.2) is 4.98 Å². The molecule has 2 N–H and O–H groups in total. The molecule has 0 spiro atoms. The van der Waals surface area contributed by atoms with Crippen LogP contribution in [0.1, 0.15) is 0 Å². The molecule has 4 rings (SSSR count). The normalized spacial score (nSPS) is 17.8. The van der Waals surface area contributed by atoms with Crippen LogP contribution in [0.5, 0.6) is 0 Å². The van der Waals surface area contributed by atoms with Gasteiger partial charge in [-0.15, -0.1) is 0 Å². The summed E-state index contributed by atoms with van der Waals surface area (Å²) >= 11 is 0. The molecule has 8 heteroatoms. The number of fused-ring (bicyclic) bond motifs is 1. The van der Waals surface area contributed by atoms with Crippen molar-refractivity contribution in [3.8, 4) is 0 Å². The van der Waals surface area contributed by atoms with E-state index in [4.69, 9.17) is 14.5 Å². The number of rotatable bonds is 5. The number of benzene rings is 1. The highest BCUT2D eigenvalue weighted by Gasteiger charge is 2.23. The second-order valence-electron chi connectivity index (χ2n) is 5.86. The van der Waals surface area contributed by atoms with Crippen LogP contribution in [0.3, 0.4) is 0 Å². The Balaban J connectivity index is 1.65. The fourth-order valence-corrected chi connectivity index (χ4v) is 2.90. The van der Waals surface area contributed by atoms with Gasteiger partial charge in [-0.2, -0.15) is 9.97 Å². The van der Waals surface area contributed by atoms with Crippen molar-refractivity contribution in [2.75, 3.05) is 43.6 Å². The third kappa shape index (κ3) is 3.40. The number of anilines is 3. The number of aromatic amines is 1. The zero-order valence-electron chi connectivity index (χ0n) is 14.0. The topological polar surface area (TPSA) is 88.2 Å². The maximum atomic E-state index is 5.71. The maximum absolute atomic E-state index is 5.71. The first-order valence-electron chi connectivity index (χ1n) is 8.22. The number of nitrogens with zero attached hydrogens (tertiary/aromatic N) is 4. The summed E-state index contributed by atoms with van der Waals surface area (Å²) in [7, 11) is 1.68. The predicted molar refractivity (Wildman–Crippen MR) is 95.2 cm³/mol. The lowest BCUT2D eigenvalue weighted by Crippen LogP contribution is -2.45. The number of H-pyrrole nitrogens is 1. The van der Waals surface area contributed by atoms with E-state index in [0.717, 1.165) is 17.7 Å². The number of morpholine rings is 1. The van der Waals surface area contributed by atoms with Crippen LogP contribution in [0.2, 0.25) is 0 Å². The molecular weight excluding hydrogens is 320 g/mol. The van der Waals surface area contributed by atoms with Crippen LogP contribution in [0.15, 0.2) is 36.7 Å². The van der Waals surface area contributed by atoms with Crippen molar-refractivity contribution < 1.29 is 9.47 Å². The van der Waals surface area contributed by atoms with Crippen LogP contribution < -0.4 is 10.2 Å². The molecule has 130 valence electrons. The first-order chi connectivity index (χ1) is 12.3. The molecule has 1 aromatic carbocycles. The molecule has 1 aliphatic heterocycles. The molecule has 0 saturated carbocycles. The molecule has 0 bridgehead atoms. The van der Waals surface area contributed by atoms with E-state index >= 15 is 0 Å². The van der Waals surface area contributed by atoms with E-state index in [9.17, 15) is 0 Å². The molecule has 0 unspecified atom stereocenters. The van der Waals surface area contributed by atoms with Gasteiger partial charge in [0.05, 0.1) is 25.6 Å². The number of aromatic nitrogens is 4. The van der Waals surface area contributed by atoms with Gasteiger partial charge >= 0.3 is 0 Å². The van der Waals surface area contributed by atoms with Gasteiger partial charge in [0.2, 0.25) is 5.95 Å². The summed E-state index contributed by atoms with van der Waals surface area (Å²) in [5.41, 5.74) is 2.38. The number of hydrogen-bond acceptors (Lipinski definition) is 7. The van der Waals surface area contributed by atoms with Crippen LogP contribution in [-0.4, -0.2) is 59.5 Å². The highest BCUT2D eigenvalue weighted by molar-refractivity contribution is 5.86. The summed E-state index contributed by atoms with van der Waals surface area (Å²) in [6.45, 7) is 2.60. The summed E-state index contributed by atoms with van der Waals surface area (Å²) in [4.78, 5) is 18.8. The minimum atomic E-state index is 0.0164. The average Bonchev–Trinajstić information content (AvgIpc) is 3.12. The molecule has 8 nitrogen and oxygen atoms in total. The highest BCUT2D eigenvalue weighted by atomic mass is 16.5. The second kappa shape index (κ2) is 7.04. The zero-order valence-corrected chi connectivity index (χ0v) is 14.0. The van der Waals surface area contributed by atoms with E-state index in [0.29, 0.717) is 37.2 Å². The summed E-state index contributed by atoms with van der Waals surface area (Å²) < 4.78 is 10.9. The number of methoxy groups -OCH3 is 1. The van der Waals surface area contributed by atoms with Crippen molar-refractivity contribution >= 4 is 28.6 Å². The average molecular weight is 340 g/mol. The van der Waals surface area contributed by atoms with Gasteiger partial charge < -0.3 is 24.7 Å². The molecule has 25 heavy (non-hydrogen) atoms. The van der Waals surface area contributed by atoms with Gasteiger partial charge in [0.15, 0.2) is 11.5 Å². The van der Waals surface area contributed by atoms with E-state index in [1.54, 1.807) is 13.4 Å². The number of imidazole rings is 1. The largest absolute Gasteiger partial charge is 0.382 e. The minimum absolute atomic E-state index is 0.0164. The van der Waals surface area contributed by atoms with Gasteiger partial charge in [-0.05, 0) is 12.1 Å². The van der Waals surface area contributed by atoms with Gasteiger partial charge in [0.25, 0.3) is 0 Å². The minimum Gasteiger partial charge on any atom is -0.382 e. The summed E-state index contributed by atoms with van der Waals surface area (Å²) in [6.07, 6.45) is 1.65. The Bertz CT molecular complexity index is 836. The number of nitrogens with one attached hydrogen (secondary N) is 2. The van der Waals surface area contributed by atoms with Crippen molar-refractivity contribution in [1.29, 1.82) is 0 Å². The highest BCUT2D eigenvalue weighted by Crippen LogP contribution is 2.25. The van der Waals surface area contributed by atoms with E-state index in [-0.39, 0.29) is 6.10 Å². The van der Waals surface area contributed by atoms with Crippen molar-refractivity contribution in [2.24, 2.45) is 0 Å². The van der Waals surface area contributed by atoms with Crippen molar-refractivity contribution in [2.45, 2.75) is 6.10 Å². The Labute approximate surface area is 145 Å². The zero-order chi connectivity index (χ0) is 17.1. The summed E-state index contributed by atoms with van der Waals surface area (Å²) in [5, 5.41) is 3.34. The predicted octanol–water partition coefficient (Wildman–Crippen LogP) is 1.95. The fraction of sp³-hybridized carbons (Fsp3) is 0.353. The molecule has 1 fully saturated rings. The first-order valence-corrected chi connectivity index (χ1v) is 8.22. The summed E-state index contributed by atoms with van der Waals surface area (Å²) in [5.74, 6) is 1.35. The van der Waals surface area contributed by atoms with Crippen molar-refractivity contribution in [3.05, 3.63) is 36.7 Å². The second-order valence-corrected chi connectivity index (χ2v) is 5.86. The Kier molecular flexibility index (Phi) is 4.45. The molecule has 3 heterocycles. The van der Waals surface area contributed by atoms with Crippen LogP contribution in [0.25, 0.3) is 11.2 Å². The molecule has 0 aliphatic carbocycles. The van der Waals surface area contributed by atoms with Gasteiger partial charge in [-0.3, -0.25) is 0 Å².